The molecule has 0 amide bonds. The van der Waals surface area contributed by atoms with Gasteiger partial charge in [-0.25, -0.2) is 4.79 Å². The number of methoxy groups -OCH3 is 1. The van der Waals surface area contributed by atoms with Gasteiger partial charge in [-0.15, -0.1) is 0 Å². The Bertz CT molecular complexity index is 785. The quantitative estimate of drug-likeness (QED) is 0.494. The van der Waals surface area contributed by atoms with Crippen molar-refractivity contribution in [3.8, 4) is 5.75 Å². The Hall–Kier alpha value is -2.88. The minimum atomic E-state index is -0.424. The highest BCUT2D eigenvalue weighted by Crippen LogP contribution is 2.32. The summed E-state index contributed by atoms with van der Waals surface area (Å²) in [6.45, 7) is 1.66. The van der Waals surface area contributed by atoms with E-state index in [1.165, 1.54) is 0 Å². The molecular weight excluding hydrogens is 280 g/mol. The number of carbonyl (C=O) groups is 2. The van der Waals surface area contributed by atoms with Gasteiger partial charge in [-0.1, -0.05) is 18.2 Å². The van der Waals surface area contributed by atoms with E-state index >= 15 is 0 Å². The number of fused-ring (bicyclic) bond motifs is 1. The molecule has 1 aliphatic rings. The largest absolute Gasteiger partial charge is 0.497 e. The topological polar surface area (TPSA) is 52.6 Å². The van der Waals surface area contributed by atoms with E-state index in [0.717, 1.165) is 0 Å². The lowest BCUT2D eigenvalue weighted by Crippen LogP contribution is -2.04. The predicted octanol–water partition coefficient (Wildman–Crippen LogP) is 3.48. The van der Waals surface area contributed by atoms with E-state index in [1.54, 1.807) is 56.5 Å². The van der Waals surface area contributed by atoms with Gasteiger partial charge in [-0.3, -0.25) is 4.79 Å². The number of Topliss-reactive ketones (excluding diaryl/α,β-unsaturated/α-hetero) is 1. The average molecular weight is 294 g/mol. The summed E-state index contributed by atoms with van der Waals surface area (Å²) in [5, 5.41) is 0. The monoisotopic (exact) mass is 294 g/mol. The first-order chi connectivity index (χ1) is 10.6. The first-order valence-corrected chi connectivity index (χ1v) is 6.83. The Balaban J connectivity index is 2.01. The lowest BCUT2D eigenvalue weighted by molar-refractivity contribution is 0.0714. The SMILES string of the molecule is COc1ccc(C(=O)/C(C)=C2/OC(=O)c3ccccc32)cc1. The van der Waals surface area contributed by atoms with Crippen molar-refractivity contribution in [3.63, 3.8) is 0 Å². The van der Waals surface area contributed by atoms with Crippen LogP contribution in [0.4, 0.5) is 0 Å². The normalized spacial score (nSPS) is 15.1. The molecule has 1 aliphatic heterocycles. The van der Waals surface area contributed by atoms with Gasteiger partial charge in [-0.05, 0) is 37.3 Å². The van der Waals surface area contributed by atoms with Crippen molar-refractivity contribution in [2.45, 2.75) is 6.92 Å². The molecule has 0 aliphatic carbocycles. The molecule has 0 atom stereocenters. The van der Waals surface area contributed by atoms with Crippen LogP contribution in [0.1, 0.15) is 33.2 Å². The number of allylic oxidation sites excluding steroid dienone is 1. The zero-order chi connectivity index (χ0) is 15.7. The van der Waals surface area contributed by atoms with E-state index in [9.17, 15) is 9.59 Å². The molecule has 1 heterocycles. The highest BCUT2D eigenvalue weighted by Gasteiger charge is 2.29. The van der Waals surface area contributed by atoms with Crippen LogP contribution in [0.5, 0.6) is 5.75 Å². The van der Waals surface area contributed by atoms with Gasteiger partial charge in [-0.2, -0.15) is 0 Å². The fourth-order valence-corrected chi connectivity index (χ4v) is 2.40. The molecule has 3 rings (SSSR count). The van der Waals surface area contributed by atoms with E-state index in [1.807, 2.05) is 6.07 Å². The van der Waals surface area contributed by atoms with Crippen molar-refractivity contribution in [1.29, 1.82) is 0 Å². The van der Waals surface area contributed by atoms with Gasteiger partial charge in [0.2, 0.25) is 0 Å². The summed E-state index contributed by atoms with van der Waals surface area (Å²) < 4.78 is 10.4. The van der Waals surface area contributed by atoms with Crippen molar-refractivity contribution >= 4 is 17.5 Å². The number of hydrogen-bond acceptors (Lipinski definition) is 4. The molecule has 22 heavy (non-hydrogen) atoms. The van der Waals surface area contributed by atoms with Crippen LogP contribution in [-0.4, -0.2) is 18.9 Å². The van der Waals surface area contributed by atoms with Gasteiger partial charge in [0.1, 0.15) is 11.5 Å². The maximum atomic E-state index is 12.6. The van der Waals surface area contributed by atoms with E-state index in [2.05, 4.69) is 0 Å². The van der Waals surface area contributed by atoms with Crippen LogP contribution in [0.3, 0.4) is 0 Å². The van der Waals surface area contributed by atoms with Crippen molar-refractivity contribution in [2.75, 3.05) is 7.11 Å². The number of carbonyl (C=O) groups excluding carboxylic acids is 2. The highest BCUT2D eigenvalue weighted by atomic mass is 16.5. The summed E-state index contributed by atoms with van der Waals surface area (Å²) in [4.78, 5) is 24.4. The third-order valence-corrected chi connectivity index (χ3v) is 3.62. The van der Waals surface area contributed by atoms with Crippen LogP contribution in [0, 0.1) is 0 Å². The Morgan fingerprint density at radius 2 is 1.64 bits per heavy atom. The van der Waals surface area contributed by atoms with Gasteiger partial charge < -0.3 is 9.47 Å². The van der Waals surface area contributed by atoms with Crippen LogP contribution in [0.25, 0.3) is 5.76 Å². The number of ketones is 1. The molecule has 2 aromatic carbocycles. The molecule has 0 radical (unpaired) electrons. The van der Waals surface area contributed by atoms with E-state index < -0.39 is 5.97 Å². The molecule has 2 aromatic rings. The first-order valence-electron chi connectivity index (χ1n) is 6.83. The second-order valence-electron chi connectivity index (χ2n) is 4.95. The maximum Gasteiger partial charge on any atom is 0.344 e. The molecule has 0 bridgehead atoms. The fourth-order valence-electron chi connectivity index (χ4n) is 2.40. The van der Waals surface area contributed by atoms with Crippen LogP contribution >= 0.6 is 0 Å². The third-order valence-electron chi connectivity index (χ3n) is 3.62. The number of esters is 1. The number of cyclic esters (lactones) is 1. The first kappa shape index (κ1) is 14.1. The van der Waals surface area contributed by atoms with Crippen molar-refractivity contribution in [1.82, 2.24) is 0 Å². The number of rotatable bonds is 3. The van der Waals surface area contributed by atoms with Crippen molar-refractivity contribution in [3.05, 3.63) is 70.8 Å². The standard InChI is InChI=1S/C18H14O4/c1-11(16(19)12-7-9-13(21-2)10-8-12)17-14-5-3-4-6-15(14)18(20)22-17/h3-10H,1-2H3/b17-11+. The Labute approximate surface area is 128 Å². The molecule has 4 heteroatoms. The van der Waals surface area contributed by atoms with Crippen LogP contribution < -0.4 is 4.74 Å². The molecule has 0 fully saturated rings. The third kappa shape index (κ3) is 2.29. The predicted molar refractivity (Wildman–Crippen MR) is 81.8 cm³/mol. The summed E-state index contributed by atoms with van der Waals surface area (Å²) in [6, 6.07) is 13.9. The van der Waals surface area contributed by atoms with Gasteiger partial charge in [0.05, 0.1) is 12.7 Å². The molecule has 0 unspecified atom stereocenters. The van der Waals surface area contributed by atoms with Crippen LogP contribution in [0.2, 0.25) is 0 Å². The van der Waals surface area contributed by atoms with Gasteiger partial charge in [0, 0.05) is 16.7 Å². The molecule has 0 spiro atoms. The van der Waals surface area contributed by atoms with Crippen molar-refractivity contribution in [2.24, 2.45) is 0 Å². The lowest BCUT2D eigenvalue weighted by atomic mass is 9.99. The van der Waals surface area contributed by atoms with E-state index in [-0.39, 0.29) is 5.78 Å². The molecule has 0 saturated carbocycles. The molecule has 0 N–H and O–H groups in total. The minimum absolute atomic E-state index is 0.179. The smallest absolute Gasteiger partial charge is 0.344 e. The number of benzene rings is 2. The summed E-state index contributed by atoms with van der Waals surface area (Å²) in [5.41, 5.74) is 2.07. The molecule has 110 valence electrons. The highest BCUT2D eigenvalue weighted by molar-refractivity contribution is 6.15. The molecule has 4 nitrogen and oxygen atoms in total. The van der Waals surface area contributed by atoms with Crippen LogP contribution in [-0.2, 0) is 4.74 Å². The molecule has 0 aromatic heterocycles. The van der Waals surface area contributed by atoms with Crippen LogP contribution in [0.15, 0.2) is 54.1 Å². The lowest BCUT2D eigenvalue weighted by Gasteiger charge is -2.06. The van der Waals surface area contributed by atoms with Gasteiger partial charge in [0.25, 0.3) is 0 Å². The Morgan fingerprint density at radius 1 is 1.00 bits per heavy atom. The maximum absolute atomic E-state index is 12.6. The second-order valence-corrected chi connectivity index (χ2v) is 4.95. The minimum Gasteiger partial charge on any atom is -0.497 e. The number of hydrogen-bond donors (Lipinski definition) is 0. The van der Waals surface area contributed by atoms with Crippen molar-refractivity contribution < 1.29 is 19.1 Å². The van der Waals surface area contributed by atoms with E-state index in [0.29, 0.717) is 33.8 Å². The Kier molecular flexibility index (Phi) is 3.51. The van der Waals surface area contributed by atoms with Gasteiger partial charge >= 0.3 is 5.97 Å². The average Bonchev–Trinajstić information content (AvgIpc) is 2.91. The van der Waals surface area contributed by atoms with Gasteiger partial charge in [0.15, 0.2) is 5.78 Å². The summed E-state index contributed by atoms with van der Waals surface area (Å²) in [7, 11) is 1.57. The summed E-state index contributed by atoms with van der Waals surface area (Å²) in [6.07, 6.45) is 0. The zero-order valence-corrected chi connectivity index (χ0v) is 12.3. The summed E-state index contributed by atoms with van der Waals surface area (Å²) >= 11 is 0. The molecular formula is C18H14O4. The second kappa shape index (κ2) is 5.48. The molecule has 0 saturated heterocycles. The fraction of sp³-hybridized carbons (Fsp3) is 0.111. The Morgan fingerprint density at radius 3 is 2.27 bits per heavy atom. The number of ether oxygens (including phenoxy) is 2. The zero-order valence-electron chi connectivity index (χ0n) is 12.3. The van der Waals surface area contributed by atoms with E-state index in [4.69, 9.17) is 9.47 Å². The summed E-state index contributed by atoms with van der Waals surface area (Å²) in [5.74, 6) is 0.413.